The standard InChI is InChI=1S/C20H24F2N2O4/c1-12(9-14-16(21)5-4-6-17(14)22)24-20(26)23-11-18(25)15-10-13(27-2)7-8-19(15)28-3/h4-8,10,12,18,25H,9,11H2,1-3H3,(H2,23,24,26). The SMILES string of the molecule is COc1ccc(OC)c(C(O)CNC(=O)NC(C)Cc2c(F)cccc2F)c1. The normalized spacial score (nSPS) is 12.8. The van der Waals surface area contributed by atoms with Gasteiger partial charge in [-0.05, 0) is 43.7 Å². The highest BCUT2D eigenvalue weighted by Gasteiger charge is 2.17. The van der Waals surface area contributed by atoms with Gasteiger partial charge in [0.05, 0.1) is 14.2 Å². The maximum absolute atomic E-state index is 13.7. The molecule has 8 heteroatoms. The first kappa shape index (κ1) is 21.4. The minimum absolute atomic E-state index is 0.00180. The summed E-state index contributed by atoms with van der Waals surface area (Å²) in [4.78, 5) is 12.1. The first-order valence-corrected chi connectivity index (χ1v) is 8.73. The highest BCUT2D eigenvalue weighted by molar-refractivity contribution is 5.74. The fraction of sp³-hybridized carbons (Fsp3) is 0.350. The van der Waals surface area contributed by atoms with Crippen LogP contribution in [0.3, 0.4) is 0 Å². The third kappa shape index (κ3) is 5.56. The number of hydrogen-bond acceptors (Lipinski definition) is 4. The third-order valence-corrected chi connectivity index (χ3v) is 4.20. The maximum Gasteiger partial charge on any atom is 0.315 e. The van der Waals surface area contributed by atoms with Crippen molar-refractivity contribution in [1.29, 1.82) is 0 Å². The van der Waals surface area contributed by atoms with Gasteiger partial charge in [0.1, 0.15) is 29.2 Å². The average Bonchev–Trinajstić information content (AvgIpc) is 2.68. The van der Waals surface area contributed by atoms with Crippen LogP contribution in [0.25, 0.3) is 0 Å². The molecule has 6 nitrogen and oxygen atoms in total. The zero-order valence-corrected chi connectivity index (χ0v) is 16.0. The number of rotatable bonds is 8. The quantitative estimate of drug-likeness (QED) is 0.643. The molecule has 3 N–H and O–H groups in total. The molecule has 0 fully saturated rings. The van der Waals surface area contributed by atoms with E-state index in [0.717, 1.165) is 0 Å². The van der Waals surface area contributed by atoms with Crippen LogP contribution in [0.2, 0.25) is 0 Å². The Morgan fingerprint density at radius 2 is 1.82 bits per heavy atom. The molecule has 2 aromatic carbocycles. The van der Waals surface area contributed by atoms with Crippen molar-refractivity contribution in [3.05, 3.63) is 59.2 Å². The number of carbonyl (C=O) groups is 1. The van der Waals surface area contributed by atoms with Gasteiger partial charge in [-0.1, -0.05) is 6.07 Å². The van der Waals surface area contributed by atoms with Crippen LogP contribution in [0, 0.1) is 11.6 Å². The van der Waals surface area contributed by atoms with Crippen LogP contribution in [0.1, 0.15) is 24.2 Å². The van der Waals surface area contributed by atoms with Gasteiger partial charge in [0.2, 0.25) is 0 Å². The molecule has 2 amide bonds. The highest BCUT2D eigenvalue weighted by atomic mass is 19.1. The van der Waals surface area contributed by atoms with E-state index in [2.05, 4.69) is 10.6 Å². The van der Waals surface area contributed by atoms with Crippen molar-refractivity contribution in [1.82, 2.24) is 10.6 Å². The van der Waals surface area contributed by atoms with Crippen molar-refractivity contribution < 1.29 is 28.2 Å². The van der Waals surface area contributed by atoms with Gasteiger partial charge >= 0.3 is 6.03 Å². The number of amides is 2. The van der Waals surface area contributed by atoms with Crippen molar-refractivity contribution in [2.24, 2.45) is 0 Å². The van der Waals surface area contributed by atoms with Crippen molar-refractivity contribution in [3.8, 4) is 11.5 Å². The minimum atomic E-state index is -1.03. The molecule has 0 saturated carbocycles. The van der Waals surface area contributed by atoms with Gasteiger partial charge in [-0.3, -0.25) is 0 Å². The van der Waals surface area contributed by atoms with E-state index in [-0.39, 0.29) is 18.5 Å². The highest BCUT2D eigenvalue weighted by Crippen LogP contribution is 2.29. The Morgan fingerprint density at radius 3 is 2.43 bits per heavy atom. The fourth-order valence-corrected chi connectivity index (χ4v) is 2.76. The summed E-state index contributed by atoms with van der Waals surface area (Å²) in [5.74, 6) is -0.317. The van der Waals surface area contributed by atoms with Gasteiger partial charge in [-0.2, -0.15) is 0 Å². The van der Waals surface area contributed by atoms with Crippen molar-refractivity contribution >= 4 is 6.03 Å². The lowest BCUT2D eigenvalue weighted by Crippen LogP contribution is -2.43. The number of urea groups is 1. The molecule has 0 saturated heterocycles. The number of methoxy groups -OCH3 is 2. The molecule has 0 spiro atoms. The Morgan fingerprint density at radius 1 is 1.14 bits per heavy atom. The van der Waals surface area contributed by atoms with Crippen molar-refractivity contribution in [2.75, 3.05) is 20.8 Å². The van der Waals surface area contributed by atoms with Crippen LogP contribution in [0.4, 0.5) is 13.6 Å². The second kappa shape index (κ2) is 9.89. The summed E-state index contributed by atoms with van der Waals surface area (Å²) >= 11 is 0. The molecule has 28 heavy (non-hydrogen) atoms. The minimum Gasteiger partial charge on any atom is -0.497 e. The second-order valence-corrected chi connectivity index (χ2v) is 6.28. The number of aliphatic hydroxyl groups is 1. The number of nitrogens with one attached hydrogen (secondary N) is 2. The summed E-state index contributed by atoms with van der Waals surface area (Å²) < 4.78 is 37.7. The maximum atomic E-state index is 13.7. The molecule has 0 aromatic heterocycles. The summed E-state index contributed by atoms with van der Waals surface area (Å²) in [5.41, 5.74) is 0.375. The summed E-state index contributed by atoms with van der Waals surface area (Å²) in [6, 6.07) is 7.51. The van der Waals surface area contributed by atoms with E-state index in [4.69, 9.17) is 9.47 Å². The van der Waals surface area contributed by atoms with Crippen LogP contribution in [0.5, 0.6) is 11.5 Å². The predicted molar refractivity (Wildman–Crippen MR) is 101 cm³/mol. The molecule has 2 unspecified atom stereocenters. The summed E-state index contributed by atoms with van der Waals surface area (Å²) in [6.07, 6.45) is -1.03. The summed E-state index contributed by atoms with van der Waals surface area (Å²) in [6.45, 7) is 1.54. The lowest BCUT2D eigenvalue weighted by Gasteiger charge is -2.19. The third-order valence-electron chi connectivity index (χ3n) is 4.20. The van der Waals surface area contributed by atoms with E-state index < -0.39 is 29.8 Å². The number of benzene rings is 2. The van der Waals surface area contributed by atoms with Crippen LogP contribution in [-0.4, -0.2) is 37.9 Å². The number of carbonyl (C=O) groups excluding carboxylic acids is 1. The number of hydrogen-bond donors (Lipinski definition) is 3. The number of ether oxygens (including phenoxy) is 2. The average molecular weight is 394 g/mol. The van der Waals surface area contributed by atoms with Gasteiger partial charge in [-0.15, -0.1) is 0 Å². The zero-order valence-electron chi connectivity index (χ0n) is 16.0. The predicted octanol–water partition coefficient (Wildman–Crippen LogP) is 2.95. The topological polar surface area (TPSA) is 79.8 Å². The molecule has 0 heterocycles. The van der Waals surface area contributed by atoms with E-state index in [0.29, 0.717) is 17.1 Å². The first-order chi connectivity index (χ1) is 13.3. The molecule has 0 bridgehead atoms. The van der Waals surface area contributed by atoms with Gasteiger partial charge in [0.25, 0.3) is 0 Å². The molecule has 2 aromatic rings. The molecule has 0 aliphatic carbocycles. The second-order valence-electron chi connectivity index (χ2n) is 6.28. The molecular formula is C20H24F2N2O4. The Hall–Kier alpha value is -2.87. The van der Waals surface area contributed by atoms with Crippen LogP contribution < -0.4 is 20.1 Å². The molecular weight excluding hydrogens is 370 g/mol. The zero-order chi connectivity index (χ0) is 20.7. The van der Waals surface area contributed by atoms with E-state index in [9.17, 15) is 18.7 Å². The smallest absolute Gasteiger partial charge is 0.315 e. The van der Waals surface area contributed by atoms with E-state index in [1.54, 1.807) is 25.1 Å². The Balaban J connectivity index is 1.91. The number of aliphatic hydroxyl groups excluding tert-OH is 1. The number of halogens is 2. The summed E-state index contributed by atoms with van der Waals surface area (Å²) in [7, 11) is 2.98. The van der Waals surface area contributed by atoms with Gasteiger partial charge in [0.15, 0.2) is 0 Å². The molecule has 2 rings (SSSR count). The molecule has 0 radical (unpaired) electrons. The largest absolute Gasteiger partial charge is 0.497 e. The van der Waals surface area contributed by atoms with Crippen LogP contribution >= 0.6 is 0 Å². The Bertz CT molecular complexity index is 797. The van der Waals surface area contributed by atoms with E-state index >= 15 is 0 Å². The van der Waals surface area contributed by atoms with Crippen molar-refractivity contribution in [2.45, 2.75) is 25.5 Å². The molecule has 0 aliphatic rings. The summed E-state index contributed by atoms with van der Waals surface area (Å²) in [5, 5.41) is 15.5. The lowest BCUT2D eigenvalue weighted by molar-refractivity contribution is 0.168. The first-order valence-electron chi connectivity index (χ1n) is 8.73. The monoisotopic (exact) mass is 394 g/mol. The molecule has 2 atom stereocenters. The van der Waals surface area contributed by atoms with E-state index in [1.807, 2.05) is 0 Å². The van der Waals surface area contributed by atoms with Crippen LogP contribution in [0.15, 0.2) is 36.4 Å². The van der Waals surface area contributed by atoms with Gasteiger partial charge in [0, 0.05) is 23.7 Å². The van der Waals surface area contributed by atoms with E-state index in [1.165, 1.54) is 32.4 Å². The van der Waals surface area contributed by atoms with Crippen molar-refractivity contribution in [3.63, 3.8) is 0 Å². The fourth-order valence-electron chi connectivity index (χ4n) is 2.76. The Labute approximate surface area is 162 Å². The Kier molecular flexibility index (Phi) is 7.57. The lowest BCUT2D eigenvalue weighted by atomic mass is 10.1. The molecule has 152 valence electrons. The van der Waals surface area contributed by atoms with Gasteiger partial charge in [-0.25, -0.2) is 13.6 Å². The molecule has 0 aliphatic heterocycles. The van der Waals surface area contributed by atoms with Gasteiger partial charge < -0.3 is 25.2 Å². The van der Waals surface area contributed by atoms with Crippen LogP contribution in [-0.2, 0) is 6.42 Å².